The van der Waals surface area contributed by atoms with Gasteiger partial charge < -0.3 is 14.6 Å². The summed E-state index contributed by atoms with van der Waals surface area (Å²) in [5.74, 6) is -3.00. The Hall–Kier alpha value is -1.45. The first-order valence-corrected chi connectivity index (χ1v) is 13.6. The molecule has 9 heteroatoms. The number of rotatable bonds is 8. The molecule has 8 atom stereocenters. The summed E-state index contributed by atoms with van der Waals surface area (Å²) >= 11 is 0. The molecular weight excluding hydrogens is 468 g/mol. The summed E-state index contributed by atoms with van der Waals surface area (Å²) in [6.07, 6.45) is 6.96. The molecule has 4 aliphatic rings. The Morgan fingerprint density at radius 1 is 1.11 bits per heavy atom. The van der Waals surface area contributed by atoms with Crippen molar-refractivity contribution in [1.29, 1.82) is 0 Å². The highest BCUT2D eigenvalue weighted by Gasteiger charge is 2.70. The zero-order chi connectivity index (χ0) is 25.7. The number of carbonyl (C=O) groups excluding carboxylic acids is 1. The second-order valence-electron chi connectivity index (χ2n) is 12.4. The molecule has 0 aromatic carbocycles. The molecule has 0 spiro atoms. The first-order valence-electron chi connectivity index (χ1n) is 13.6. The van der Waals surface area contributed by atoms with E-state index in [1.807, 2.05) is 6.92 Å². The lowest BCUT2D eigenvalue weighted by atomic mass is 9.47. The van der Waals surface area contributed by atoms with Crippen LogP contribution in [0.2, 0.25) is 0 Å². The molecule has 0 bridgehead atoms. The van der Waals surface area contributed by atoms with E-state index >= 15 is 8.78 Å². The molecule has 0 saturated heterocycles. The number of ketones is 1. The molecule has 1 aromatic heterocycles. The smallest absolute Gasteiger partial charge is 0.254 e. The van der Waals surface area contributed by atoms with Crippen molar-refractivity contribution in [3.8, 4) is 0 Å². The fraction of sp³-hybridized carbons (Fsp3) is 0.889. The maximum atomic E-state index is 16.1. The highest BCUT2D eigenvalue weighted by atomic mass is 19.3. The lowest BCUT2D eigenvalue weighted by Gasteiger charge is -2.59. The van der Waals surface area contributed by atoms with Crippen LogP contribution in [0, 0.1) is 40.9 Å². The molecule has 7 nitrogen and oxygen atoms in total. The summed E-state index contributed by atoms with van der Waals surface area (Å²) < 4.78 is 44.1. The van der Waals surface area contributed by atoms with Crippen LogP contribution in [0.4, 0.5) is 8.78 Å². The highest BCUT2D eigenvalue weighted by molar-refractivity contribution is 5.82. The number of alkyl halides is 2. The van der Waals surface area contributed by atoms with E-state index in [0.29, 0.717) is 44.1 Å². The first-order chi connectivity index (χ1) is 17.1. The van der Waals surface area contributed by atoms with E-state index in [0.717, 1.165) is 25.7 Å². The van der Waals surface area contributed by atoms with E-state index in [2.05, 4.69) is 10.3 Å². The van der Waals surface area contributed by atoms with Crippen LogP contribution in [-0.2, 0) is 27.4 Å². The lowest BCUT2D eigenvalue weighted by Crippen LogP contribution is -2.59. The van der Waals surface area contributed by atoms with E-state index in [1.165, 1.54) is 4.68 Å². The topological polar surface area (TPSA) is 86.5 Å². The second-order valence-corrected chi connectivity index (χ2v) is 12.4. The summed E-state index contributed by atoms with van der Waals surface area (Å²) in [6, 6.07) is 0. The average Bonchev–Trinajstić information content (AvgIpc) is 3.40. The first kappa shape index (κ1) is 26.2. The number of ether oxygens (including phenoxy) is 2. The summed E-state index contributed by atoms with van der Waals surface area (Å²) in [6.45, 7) is 4.72. The summed E-state index contributed by atoms with van der Waals surface area (Å²) in [7, 11) is 1.60. The van der Waals surface area contributed by atoms with E-state index in [9.17, 15) is 9.90 Å². The molecule has 0 amide bonds. The van der Waals surface area contributed by atoms with Gasteiger partial charge in [0, 0.05) is 24.9 Å². The molecule has 4 fully saturated rings. The third kappa shape index (κ3) is 4.53. The molecule has 1 heterocycles. The largest absolute Gasteiger partial charge is 0.390 e. The van der Waals surface area contributed by atoms with Gasteiger partial charge in [-0.15, -0.1) is 5.10 Å². The van der Waals surface area contributed by atoms with Gasteiger partial charge in [-0.1, -0.05) is 12.1 Å². The lowest BCUT2D eigenvalue weighted by molar-refractivity contribution is -0.228. The van der Waals surface area contributed by atoms with Gasteiger partial charge in [-0.25, -0.2) is 13.5 Å². The zero-order valence-corrected chi connectivity index (χ0v) is 21.8. The number of methoxy groups -OCH3 is 1. The van der Waals surface area contributed by atoms with Crippen molar-refractivity contribution in [2.24, 2.45) is 40.9 Å². The van der Waals surface area contributed by atoms with Gasteiger partial charge in [-0.3, -0.25) is 4.79 Å². The maximum absolute atomic E-state index is 16.1. The number of aliphatic hydroxyl groups is 1. The number of Topliss-reactive ketones (excluding diaryl/α,β-unsaturated/α-hetero) is 1. The Kier molecular flexibility index (Phi) is 7.05. The fourth-order valence-corrected chi connectivity index (χ4v) is 8.62. The minimum Gasteiger partial charge on any atom is -0.390 e. The fourth-order valence-electron chi connectivity index (χ4n) is 8.62. The van der Waals surface area contributed by atoms with Gasteiger partial charge in [0.2, 0.25) is 0 Å². The minimum absolute atomic E-state index is 0.00208. The van der Waals surface area contributed by atoms with Gasteiger partial charge in [0.15, 0.2) is 5.78 Å². The van der Waals surface area contributed by atoms with Crippen molar-refractivity contribution < 1.29 is 28.2 Å². The van der Waals surface area contributed by atoms with Crippen LogP contribution < -0.4 is 0 Å². The van der Waals surface area contributed by atoms with Crippen LogP contribution in [0.3, 0.4) is 0 Å². The Bertz CT molecular complexity index is 953. The number of hydrogen-bond donors (Lipinski definition) is 1. The number of halogens is 2. The third-order valence-corrected chi connectivity index (χ3v) is 10.3. The average molecular weight is 510 g/mol. The quantitative estimate of drug-likeness (QED) is 0.527. The molecule has 4 aliphatic carbocycles. The maximum Gasteiger partial charge on any atom is 0.254 e. The van der Waals surface area contributed by atoms with E-state index in [1.54, 1.807) is 20.2 Å². The predicted molar refractivity (Wildman–Crippen MR) is 128 cm³/mol. The van der Waals surface area contributed by atoms with Crippen LogP contribution in [0.1, 0.15) is 70.9 Å². The molecule has 202 valence electrons. The van der Waals surface area contributed by atoms with Gasteiger partial charge in [0.05, 0.1) is 31.6 Å². The minimum atomic E-state index is -2.89. The zero-order valence-electron chi connectivity index (χ0n) is 21.8. The number of nitrogens with zero attached hydrogens (tertiary/aromatic N) is 3. The molecule has 0 radical (unpaired) electrons. The van der Waals surface area contributed by atoms with Crippen molar-refractivity contribution in [3.05, 3.63) is 11.9 Å². The summed E-state index contributed by atoms with van der Waals surface area (Å²) in [4.78, 5) is 13.4. The van der Waals surface area contributed by atoms with Crippen molar-refractivity contribution in [2.45, 2.75) is 89.9 Å². The Morgan fingerprint density at radius 3 is 2.69 bits per heavy atom. The number of fused-ring (bicyclic) bond motifs is 5. The molecule has 5 rings (SSSR count). The van der Waals surface area contributed by atoms with Crippen molar-refractivity contribution >= 4 is 5.78 Å². The number of hydrogen-bond acceptors (Lipinski definition) is 6. The highest BCUT2D eigenvalue weighted by Crippen LogP contribution is 2.69. The number of aromatic nitrogens is 3. The monoisotopic (exact) mass is 509 g/mol. The molecule has 4 saturated carbocycles. The predicted octanol–water partition coefficient (Wildman–Crippen LogP) is 4.28. The van der Waals surface area contributed by atoms with Crippen LogP contribution in [0.5, 0.6) is 0 Å². The van der Waals surface area contributed by atoms with E-state index in [-0.39, 0.29) is 49.0 Å². The third-order valence-electron chi connectivity index (χ3n) is 10.3. The summed E-state index contributed by atoms with van der Waals surface area (Å²) in [5.41, 5.74) is -1.38. The molecule has 1 N–H and O–H groups in total. The molecule has 1 aromatic rings. The van der Waals surface area contributed by atoms with E-state index < -0.39 is 22.9 Å². The van der Waals surface area contributed by atoms with Crippen LogP contribution >= 0.6 is 0 Å². The van der Waals surface area contributed by atoms with Gasteiger partial charge >= 0.3 is 0 Å². The molecule has 0 aliphatic heterocycles. The van der Waals surface area contributed by atoms with Gasteiger partial charge in [0.1, 0.15) is 12.2 Å². The van der Waals surface area contributed by atoms with Crippen LogP contribution in [0.25, 0.3) is 0 Å². The van der Waals surface area contributed by atoms with Gasteiger partial charge in [-0.05, 0) is 81.5 Å². The van der Waals surface area contributed by atoms with E-state index in [4.69, 9.17) is 9.47 Å². The van der Waals surface area contributed by atoms with Gasteiger partial charge in [-0.2, -0.15) is 0 Å². The van der Waals surface area contributed by atoms with Crippen molar-refractivity contribution in [3.63, 3.8) is 0 Å². The standard InChI is InChI=1S/C27H41F2N3O4/c1-25(34)9-8-19-17(12-25)4-5-20-21(19)13-27(28,29)26(2)22(20)6-7-23(26)24(33)15-32-14-18(30-31-32)16-36-11-10-35-3/h14,17,19-23,34H,4-13,15-16H2,1-3H3/t17-,19+,20-,21-,22+,23-,25-,26+/m1/s1. The molecular formula is C27H41F2N3O4. The molecule has 36 heavy (non-hydrogen) atoms. The van der Waals surface area contributed by atoms with Gasteiger partial charge in [0.25, 0.3) is 5.92 Å². The van der Waals surface area contributed by atoms with Crippen molar-refractivity contribution in [1.82, 2.24) is 15.0 Å². The number of carbonyl (C=O) groups is 1. The summed E-state index contributed by atoms with van der Waals surface area (Å²) in [5, 5.41) is 18.7. The Labute approximate surface area is 212 Å². The SMILES string of the molecule is COCCOCc1cn(CC(=O)[C@H]2CC[C@H]3[C@@H]4CC[C@@H]5C[C@](C)(O)CC[C@@H]5[C@H]4CC(F)(F)[C@]23C)nn1. The Balaban J connectivity index is 1.28. The van der Waals surface area contributed by atoms with Crippen molar-refractivity contribution in [2.75, 3.05) is 20.3 Å². The normalized spacial score (nSPS) is 41.4. The molecule has 0 unspecified atom stereocenters. The Morgan fingerprint density at radius 2 is 1.92 bits per heavy atom. The van der Waals surface area contributed by atoms with Crippen LogP contribution in [0.15, 0.2) is 6.20 Å². The second kappa shape index (κ2) is 9.70. The van der Waals surface area contributed by atoms with Crippen LogP contribution in [-0.4, -0.2) is 57.7 Å².